The van der Waals surface area contributed by atoms with Gasteiger partial charge in [-0.1, -0.05) is 41.4 Å². The molecule has 126 valence electrons. The molecular formula is C18H14Cl2N4O. The summed E-state index contributed by atoms with van der Waals surface area (Å²) in [6, 6.07) is 10.9. The van der Waals surface area contributed by atoms with Crippen LogP contribution in [0.1, 0.15) is 28.4 Å². The summed E-state index contributed by atoms with van der Waals surface area (Å²) in [4.78, 5) is 20.9. The number of aromatic nitrogens is 3. The number of hydrogen-bond acceptors (Lipinski definition) is 3. The van der Waals surface area contributed by atoms with Gasteiger partial charge in [0, 0.05) is 24.4 Å². The third kappa shape index (κ3) is 3.25. The van der Waals surface area contributed by atoms with Gasteiger partial charge in [-0.3, -0.25) is 9.36 Å². The van der Waals surface area contributed by atoms with Crippen LogP contribution in [0.2, 0.25) is 10.0 Å². The summed E-state index contributed by atoms with van der Waals surface area (Å²) in [5.74, 6) is 0.634. The number of rotatable bonds is 4. The number of amides is 1. The second kappa shape index (κ2) is 6.50. The van der Waals surface area contributed by atoms with E-state index in [1.54, 1.807) is 41.5 Å². The lowest BCUT2D eigenvalue weighted by atomic mass is 10.1. The summed E-state index contributed by atoms with van der Waals surface area (Å²) >= 11 is 12.3. The van der Waals surface area contributed by atoms with Gasteiger partial charge < -0.3 is 5.32 Å². The van der Waals surface area contributed by atoms with Gasteiger partial charge >= 0.3 is 0 Å². The van der Waals surface area contributed by atoms with Crippen molar-refractivity contribution in [3.63, 3.8) is 0 Å². The van der Waals surface area contributed by atoms with Crippen LogP contribution in [-0.4, -0.2) is 26.5 Å². The Morgan fingerprint density at radius 2 is 2.04 bits per heavy atom. The highest BCUT2D eigenvalue weighted by Gasteiger charge is 2.41. The maximum atomic E-state index is 12.5. The lowest BCUT2D eigenvalue weighted by Gasteiger charge is -2.08. The predicted molar refractivity (Wildman–Crippen MR) is 96.4 cm³/mol. The molecule has 1 aromatic carbocycles. The first-order chi connectivity index (χ1) is 12.1. The number of benzene rings is 1. The van der Waals surface area contributed by atoms with Crippen molar-refractivity contribution in [3.05, 3.63) is 76.4 Å². The number of imidazole rings is 1. The Morgan fingerprint density at radius 1 is 1.20 bits per heavy atom. The maximum Gasteiger partial charge on any atom is 0.270 e. The van der Waals surface area contributed by atoms with Crippen LogP contribution < -0.4 is 5.32 Å². The van der Waals surface area contributed by atoms with E-state index < -0.39 is 0 Å². The Bertz CT molecular complexity index is 927. The zero-order valence-electron chi connectivity index (χ0n) is 13.1. The van der Waals surface area contributed by atoms with E-state index >= 15 is 0 Å². The number of nitrogens with zero attached hydrogens (tertiary/aromatic N) is 3. The van der Waals surface area contributed by atoms with Crippen LogP contribution in [0, 0.1) is 0 Å². The van der Waals surface area contributed by atoms with E-state index in [4.69, 9.17) is 23.2 Å². The van der Waals surface area contributed by atoms with Crippen molar-refractivity contribution in [2.75, 3.05) is 0 Å². The van der Waals surface area contributed by atoms with Crippen LogP contribution in [0.15, 0.2) is 55.1 Å². The van der Waals surface area contributed by atoms with Crippen LogP contribution in [0.5, 0.6) is 0 Å². The number of carbonyl (C=O) groups is 1. The first kappa shape index (κ1) is 16.1. The molecule has 1 aliphatic rings. The number of carbonyl (C=O) groups excluding carboxylic acids is 1. The molecule has 0 spiro atoms. The summed E-state index contributed by atoms with van der Waals surface area (Å²) in [5.41, 5.74) is 1.34. The average Bonchev–Trinajstić information content (AvgIpc) is 3.15. The van der Waals surface area contributed by atoms with Gasteiger partial charge in [0.05, 0.1) is 10.0 Å². The van der Waals surface area contributed by atoms with Crippen molar-refractivity contribution >= 4 is 29.1 Å². The molecular weight excluding hydrogens is 359 g/mol. The first-order valence-corrected chi connectivity index (χ1v) is 8.59. The minimum Gasteiger partial charge on any atom is -0.347 e. The van der Waals surface area contributed by atoms with E-state index in [-0.39, 0.29) is 17.9 Å². The van der Waals surface area contributed by atoms with E-state index in [0.29, 0.717) is 21.6 Å². The highest BCUT2D eigenvalue weighted by molar-refractivity contribution is 6.42. The van der Waals surface area contributed by atoms with E-state index in [9.17, 15) is 4.79 Å². The van der Waals surface area contributed by atoms with Gasteiger partial charge in [0.2, 0.25) is 0 Å². The lowest BCUT2D eigenvalue weighted by molar-refractivity contribution is 0.0945. The van der Waals surface area contributed by atoms with Crippen molar-refractivity contribution in [2.45, 2.75) is 18.4 Å². The summed E-state index contributed by atoms with van der Waals surface area (Å²) in [7, 11) is 0. The van der Waals surface area contributed by atoms with Gasteiger partial charge in [-0.15, -0.1) is 0 Å². The normalized spacial score (nSPS) is 18.8. The molecule has 0 saturated heterocycles. The number of nitrogens with one attached hydrogen (secondary N) is 1. The van der Waals surface area contributed by atoms with Gasteiger partial charge in [-0.25, -0.2) is 9.97 Å². The van der Waals surface area contributed by atoms with E-state index in [0.717, 1.165) is 12.0 Å². The molecule has 2 aromatic heterocycles. The molecule has 1 fully saturated rings. The van der Waals surface area contributed by atoms with Gasteiger partial charge in [-0.2, -0.15) is 0 Å². The molecule has 1 N–H and O–H groups in total. The van der Waals surface area contributed by atoms with Crippen molar-refractivity contribution in [1.82, 2.24) is 19.9 Å². The third-order valence-electron chi connectivity index (χ3n) is 4.22. The summed E-state index contributed by atoms with van der Waals surface area (Å²) in [5, 5.41) is 4.10. The lowest BCUT2D eigenvalue weighted by Crippen LogP contribution is -2.27. The minimum absolute atomic E-state index is 0.0437. The third-order valence-corrected chi connectivity index (χ3v) is 5.06. The molecule has 2 heterocycles. The summed E-state index contributed by atoms with van der Waals surface area (Å²) in [6.45, 7) is 0. The summed E-state index contributed by atoms with van der Waals surface area (Å²) < 4.78 is 1.75. The second-order valence-electron chi connectivity index (χ2n) is 5.92. The van der Waals surface area contributed by atoms with Gasteiger partial charge in [0.25, 0.3) is 5.91 Å². The van der Waals surface area contributed by atoms with Crippen molar-refractivity contribution in [2.24, 2.45) is 0 Å². The van der Waals surface area contributed by atoms with E-state index in [1.807, 2.05) is 18.2 Å². The molecule has 2 atom stereocenters. The smallest absolute Gasteiger partial charge is 0.270 e. The van der Waals surface area contributed by atoms with Crippen LogP contribution in [0.25, 0.3) is 5.82 Å². The molecule has 0 bridgehead atoms. The standard InChI is InChI=1S/C18H14Cl2N4O/c19-13-4-1-3-11(17(13)20)12-9-15(12)23-18(25)14-5-2-6-16(22-14)24-8-7-21-10-24/h1-8,10,12,15H,9H2,(H,23,25). The quantitative estimate of drug-likeness (QED) is 0.756. The maximum absolute atomic E-state index is 12.5. The highest BCUT2D eigenvalue weighted by Crippen LogP contribution is 2.45. The Hall–Kier alpha value is -2.37. The van der Waals surface area contributed by atoms with Gasteiger partial charge in [-0.05, 0) is 30.2 Å². The predicted octanol–water partition coefficient (Wildman–Crippen LogP) is 3.86. The largest absolute Gasteiger partial charge is 0.347 e. The molecule has 0 radical (unpaired) electrons. The van der Waals surface area contributed by atoms with E-state index in [1.165, 1.54) is 0 Å². The monoisotopic (exact) mass is 372 g/mol. The van der Waals surface area contributed by atoms with E-state index in [2.05, 4.69) is 15.3 Å². The number of pyridine rings is 1. The van der Waals surface area contributed by atoms with Gasteiger partial charge in [0.15, 0.2) is 0 Å². The zero-order chi connectivity index (χ0) is 17.4. The number of halogens is 2. The average molecular weight is 373 g/mol. The molecule has 1 aliphatic carbocycles. The zero-order valence-corrected chi connectivity index (χ0v) is 14.6. The van der Waals surface area contributed by atoms with Crippen molar-refractivity contribution < 1.29 is 4.79 Å². The fraction of sp³-hybridized carbons (Fsp3) is 0.167. The molecule has 1 amide bonds. The Kier molecular flexibility index (Phi) is 4.19. The SMILES string of the molecule is O=C(NC1CC1c1cccc(Cl)c1Cl)c1cccc(-n2ccnc2)n1. The fourth-order valence-electron chi connectivity index (χ4n) is 2.84. The van der Waals surface area contributed by atoms with Crippen LogP contribution in [0.3, 0.4) is 0 Å². The second-order valence-corrected chi connectivity index (χ2v) is 6.70. The summed E-state index contributed by atoms with van der Waals surface area (Å²) in [6.07, 6.45) is 5.93. The van der Waals surface area contributed by atoms with Crippen molar-refractivity contribution in [3.8, 4) is 5.82 Å². The van der Waals surface area contributed by atoms with Crippen molar-refractivity contribution in [1.29, 1.82) is 0 Å². The Balaban J connectivity index is 1.47. The van der Waals surface area contributed by atoms with Crippen LogP contribution in [0.4, 0.5) is 0 Å². The molecule has 4 rings (SSSR count). The molecule has 25 heavy (non-hydrogen) atoms. The first-order valence-electron chi connectivity index (χ1n) is 7.83. The fourth-order valence-corrected chi connectivity index (χ4v) is 3.28. The topological polar surface area (TPSA) is 59.8 Å². The minimum atomic E-state index is -0.201. The molecule has 2 unspecified atom stereocenters. The molecule has 0 aliphatic heterocycles. The molecule has 1 saturated carbocycles. The highest BCUT2D eigenvalue weighted by atomic mass is 35.5. The van der Waals surface area contributed by atoms with Crippen LogP contribution >= 0.6 is 23.2 Å². The Morgan fingerprint density at radius 3 is 2.84 bits per heavy atom. The molecule has 5 nitrogen and oxygen atoms in total. The van der Waals surface area contributed by atoms with Crippen LogP contribution in [-0.2, 0) is 0 Å². The number of hydrogen-bond donors (Lipinski definition) is 1. The molecule has 3 aromatic rings. The molecule has 7 heteroatoms. The van der Waals surface area contributed by atoms with Gasteiger partial charge in [0.1, 0.15) is 17.8 Å². The Labute approximate surface area is 154 Å².